The molecule has 11 heteroatoms. The third-order valence-corrected chi connectivity index (χ3v) is 8.39. The van der Waals surface area contributed by atoms with Crippen molar-refractivity contribution < 1.29 is 9.63 Å². The first-order valence-electron chi connectivity index (χ1n) is 13.6. The summed E-state index contributed by atoms with van der Waals surface area (Å²) >= 11 is 6.43. The van der Waals surface area contributed by atoms with Crippen LogP contribution >= 0.6 is 11.6 Å². The Bertz CT molecular complexity index is 1340. The number of carbonyl (C=O) groups excluding carboxylic acids is 1. The van der Waals surface area contributed by atoms with E-state index >= 15 is 0 Å². The van der Waals surface area contributed by atoms with Crippen LogP contribution in [0.2, 0.25) is 5.02 Å². The molecule has 2 aromatic heterocycles. The van der Waals surface area contributed by atoms with Crippen LogP contribution in [0.1, 0.15) is 51.5 Å². The molecule has 2 atom stereocenters. The zero-order valence-corrected chi connectivity index (χ0v) is 22.9. The highest BCUT2D eigenvalue weighted by Crippen LogP contribution is 2.36. The number of nitrogens with zero attached hydrogens (tertiary/aromatic N) is 6. The maximum Gasteiger partial charge on any atom is 0.427 e. The van der Waals surface area contributed by atoms with E-state index in [1.165, 1.54) is 25.7 Å². The van der Waals surface area contributed by atoms with Gasteiger partial charge in [-0.3, -0.25) is 5.32 Å². The van der Waals surface area contributed by atoms with E-state index in [0.29, 0.717) is 28.5 Å². The normalized spacial score (nSPS) is 26.5. The van der Waals surface area contributed by atoms with Crippen molar-refractivity contribution >= 4 is 34.8 Å². The van der Waals surface area contributed by atoms with Gasteiger partial charge in [0.1, 0.15) is 11.2 Å². The van der Waals surface area contributed by atoms with Crippen LogP contribution in [0.4, 0.5) is 10.7 Å². The quantitative estimate of drug-likeness (QED) is 0.494. The fraction of sp³-hybridized carbons (Fsp3) is 0.556. The molecule has 3 fully saturated rings. The third kappa shape index (κ3) is 4.92. The van der Waals surface area contributed by atoms with Gasteiger partial charge in [0.15, 0.2) is 17.6 Å². The first kappa shape index (κ1) is 25.3. The van der Waals surface area contributed by atoms with Gasteiger partial charge in [0.25, 0.3) is 0 Å². The van der Waals surface area contributed by atoms with E-state index in [4.69, 9.17) is 31.4 Å². The number of hydroxylamine groups is 1. The van der Waals surface area contributed by atoms with Gasteiger partial charge in [-0.05, 0) is 50.8 Å². The number of piperazine rings is 1. The number of imidazole rings is 1. The fourth-order valence-electron chi connectivity index (χ4n) is 6.01. The Hall–Kier alpha value is -2.95. The minimum absolute atomic E-state index is 0.307. The number of carbonyl (C=O) groups is 1. The molecule has 3 aromatic rings. The summed E-state index contributed by atoms with van der Waals surface area (Å²) in [5.41, 5.74) is 5.83. The molecule has 2 N–H and O–H groups in total. The van der Waals surface area contributed by atoms with Gasteiger partial charge in [-0.25, -0.2) is 14.8 Å². The fourth-order valence-corrected chi connectivity index (χ4v) is 6.20. The molecular weight excluding hydrogens is 504 g/mol. The highest BCUT2D eigenvalue weighted by molar-refractivity contribution is 6.30. The van der Waals surface area contributed by atoms with E-state index in [-0.39, 0.29) is 0 Å². The Balaban J connectivity index is 1.53. The third-order valence-electron chi connectivity index (χ3n) is 8.15. The minimum Gasteiger partial charge on any atom is -0.351 e. The Morgan fingerprint density at radius 1 is 1.11 bits per heavy atom. The largest absolute Gasteiger partial charge is 0.427 e. The SMILES string of the molecule is CC1CCC(Cn2c(N3CCN(C)CC3C)nc3nc(C4NOC(=O)N4)nc(-c4cccc(Cl)c4)c32)CC1. The standard InChI is InChI=1S/C27H35ClN8O2/c1-16-7-9-18(10-8-16)15-36-22-21(19-5-4-6-20(28)13-19)29-24(25-32-27(37)38-33-25)30-23(22)31-26(36)35-12-11-34(3)14-17(35)2/h4-6,13,16-18,25,33H,7-12,14-15H2,1-3H3,(H,32,37). The molecule has 2 saturated heterocycles. The number of aromatic nitrogens is 4. The number of fused-ring (bicyclic) bond motifs is 1. The molecule has 2 aliphatic heterocycles. The van der Waals surface area contributed by atoms with E-state index in [2.05, 4.69) is 46.1 Å². The number of anilines is 1. The lowest BCUT2D eigenvalue weighted by Crippen LogP contribution is -2.51. The summed E-state index contributed by atoms with van der Waals surface area (Å²) in [5, 5.41) is 3.35. The number of nitrogens with one attached hydrogen (secondary N) is 2. The van der Waals surface area contributed by atoms with Crippen molar-refractivity contribution in [2.24, 2.45) is 11.8 Å². The summed E-state index contributed by atoms with van der Waals surface area (Å²) in [4.78, 5) is 36.4. The van der Waals surface area contributed by atoms with Crippen LogP contribution in [0.5, 0.6) is 0 Å². The number of rotatable bonds is 5. The number of hydrogen-bond acceptors (Lipinski definition) is 8. The van der Waals surface area contributed by atoms with Gasteiger partial charge in [-0.2, -0.15) is 4.98 Å². The van der Waals surface area contributed by atoms with Gasteiger partial charge in [-0.1, -0.05) is 43.5 Å². The van der Waals surface area contributed by atoms with Crippen molar-refractivity contribution in [3.05, 3.63) is 35.1 Å². The highest BCUT2D eigenvalue weighted by Gasteiger charge is 2.32. The van der Waals surface area contributed by atoms with E-state index in [1.807, 2.05) is 24.3 Å². The topological polar surface area (TPSA) is 100 Å². The van der Waals surface area contributed by atoms with Crippen LogP contribution in [-0.4, -0.2) is 63.2 Å². The van der Waals surface area contributed by atoms with Crippen molar-refractivity contribution in [1.82, 2.24) is 35.2 Å². The molecule has 3 aliphatic rings. The van der Waals surface area contributed by atoms with Gasteiger partial charge in [0, 0.05) is 42.8 Å². The van der Waals surface area contributed by atoms with Crippen LogP contribution in [0, 0.1) is 11.8 Å². The van der Waals surface area contributed by atoms with E-state index in [0.717, 1.165) is 54.8 Å². The first-order chi connectivity index (χ1) is 18.4. The van der Waals surface area contributed by atoms with E-state index in [1.54, 1.807) is 0 Å². The van der Waals surface area contributed by atoms with Crippen LogP contribution in [-0.2, 0) is 11.4 Å². The van der Waals surface area contributed by atoms with Crippen molar-refractivity contribution in [1.29, 1.82) is 0 Å². The molecule has 202 valence electrons. The number of amides is 1. The second-order valence-electron chi connectivity index (χ2n) is 11.2. The molecule has 6 rings (SSSR count). The second kappa shape index (κ2) is 10.3. The van der Waals surface area contributed by atoms with Gasteiger partial charge >= 0.3 is 6.09 Å². The highest BCUT2D eigenvalue weighted by atomic mass is 35.5. The number of halogens is 1. The average Bonchev–Trinajstić information content (AvgIpc) is 3.48. The molecule has 10 nitrogen and oxygen atoms in total. The molecule has 1 aliphatic carbocycles. The lowest BCUT2D eigenvalue weighted by atomic mass is 9.83. The van der Waals surface area contributed by atoms with Crippen molar-refractivity contribution in [2.75, 3.05) is 31.6 Å². The van der Waals surface area contributed by atoms with Crippen LogP contribution in [0.25, 0.3) is 22.4 Å². The zero-order valence-electron chi connectivity index (χ0n) is 22.2. The Kier molecular flexibility index (Phi) is 6.88. The van der Waals surface area contributed by atoms with Crippen LogP contribution in [0.15, 0.2) is 24.3 Å². The van der Waals surface area contributed by atoms with Gasteiger partial charge < -0.3 is 19.2 Å². The molecule has 1 saturated carbocycles. The number of hydrogen-bond donors (Lipinski definition) is 2. The number of likely N-dealkylation sites (N-methyl/N-ethyl adjacent to an activating group) is 1. The molecule has 1 amide bonds. The van der Waals surface area contributed by atoms with Crippen molar-refractivity contribution in [3.8, 4) is 11.3 Å². The second-order valence-corrected chi connectivity index (χ2v) is 11.6. The summed E-state index contributed by atoms with van der Waals surface area (Å²) in [6, 6.07) is 8.02. The Morgan fingerprint density at radius 2 is 1.92 bits per heavy atom. The molecule has 0 radical (unpaired) electrons. The smallest absolute Gasteiger partial charge is 0.351 e. The molecule has 38 heavy (non-hydrogen) atoms. The maximum absolute atomic E-state index is 11.8. The van der Waals surface area contributed by atoms with Gasteiger partial charge in [-0.15, -0.1) is 5.48 Å². The molecular formula is C27H35ClN8O2. The molecule has 0 spiro atoms. The van der Waals surface area contributed by atoms with Gasteiger partial charge in [0.2, 0.25) is 5.95 Å². The lowest BCUT2D eigenvalue weighted by Gasteiger charge is -2.39. The lowest BCUT2D eigenvalue weighted by molar-refractivity contribution is 0.120. The molecule has 1 aromatic carbocycles. The zero-order chi connectivity index (χ0) is 26.4. The summed E-state index contributed by atoms with van der Waals surface area (Å²) in [7, 11) is 2.17. The summed E-state index contributed by atoms with van der Waals surface area (Å²) in [6.07, 6.45) is 3.70. The monoisotopic (exact) mass is 538 g/mol. The molecule has 2 unspecified atom stereocenters. The molecule has 4 heterocycles. The van der Waals surface area contributed by atoms with E-state index < -0.39 is 12.3 Å². The number of benzene rings is 1. The van der Waals surface area contributed by atoms with Crippen molar-refractivity contribution in [3.63, 3.8) is 0 Å². The van der Waals surface area contributed by atoms with Crippen molar-refractivity contribution in [2.45, 2.75) is 58.3 Å². The summed E-state index contributed by atoms with van der Waals surface area (Å²) in [6.45, 7) is 8.32. The maximum atomic E-state index is 11.8. The Morgan fingerprint density at radius 3 is 2.63 bits per heavy atom. The van der Waals surface area contributed by atoms with Crippen LogP contribution < -0.4 is 15.7 Å². The minimum atomic E-state index is -0.666. The average molecular weight is 539 g/mol. The predicted molar refractivity (Wildman–Crippen MR) is 147 cm³/mol. The Labute approximate surface area is 227 Å². The van der Waals surface area contributed by atoms with Crippen LogP contribution in [0.3, 0.4) is 0 Å². The predicted octanol–water partition coefficient (Wildman–Crippen LogP) is 4.36. The first-order valence-corrected chi connectivity index (χ1v) is 14.0. The summed E-state index contributed by atoms with van der Waals surface area (Å²) < 4.78 is 2.36. The van der Waals surface area contributed by atoms with Gasteiger partial charge in [0.05, 0.1) is 0 Å². The van der Waals surface area contributed by atoms with E-state index in [9.17, 15) is 4.79 Å². The molecule has 0 bridgehead atoms. The summed E-state index contributed by atoms with van der Waals surface area (Å²) in [5.74, 6) is 2.69.